The van der Waals surface area contributed by atoms with Crippen molar-refractivity contribution in [2.24, 2.45) is 5.92 Å². The lowest BCUT2D eigenvalue weighted by Gasteiger charge is -2.17. The molecule has 5 heteroatoms. The van der Waals surface area contributed by atoms with Gasteiger partial charge in [-0.3, -0.25) is 0 Å². The Hall–Kier alpha value is -0.940. The van der Waals surface area contributed by atoms with Crippen LogP contribution in [0.2, 0.25) is 0 Å². The zero-order valence-corrected chi connectivity index (χ0v) is 11.4. The van der Waals surface area contributed by atoms with E-state index in [9.17, 15) is 5.11 Å². The Morgan fingerprint density at radius 2 is 2.06 bits per heavy atom. The quantitative estimate of drug-likeness (QED) is 0.810. The van der Waals surface area contributed by atoms with Gasteiger partial charge in [-0.05, 0) is 26.7 Å². The molecule has 0 aliphatic heterocycles. The minimum Gasteiger partial charge on any atom is -0.392 e. The molecular weight excluding hydrogens is 216 g/mol. The Morgan fingerprint density at radius 1 is 1.41 bits per heavy atom. The summed E-state index contributed by atoms with van der Waals surface area (Å²) in [6.07, 6.45) is 1.63. The summed E-state index contributed by atoms with van der Waals surface area (Å²) in [5, 5.41) is 21.0. The summed E-state index contributed by atoms with van der Waals surface area (Å²) < 4.78 is 1.85. The maximum absolute atomic E-state index is 9.64. The fourth-order valence-electron chi connectivity index (χ4n) is 1.29. The molecule has 98 valence electrons. The van der Waals surface area contributed by atoms with Crippen LogP contribution in [-0.4, -0.2) is 32.7 Å². The highest BCUT2D eigenvalue weighted by molar-refractivity contribution is 4.94. The predicted octanol–water partition coefficient (Wildman–Crippen LogP) is 1.14. The Kier molecular flexibility index (Phi) is 4.65. The SMILES string of the molecule is CC(C)C(O)CNCc1cn(C(C)(C)C)nn1. The Morgan fingerprint density at radius 3 is 2.53 bits per heavy atom. The number of hydrogen-bond acceptors (Lipinski definition) is 4. The molecule has 2 N–H and O–H groups in total. The Balaban J connectivity index is 2.41. The van der Waals surface area contributed by atoms with Gasteiger partial charge in [-0.1, -0.05) is 19.1 Å². The second kappa shape index (κ2) is 5.60. The van der Waals surface area contributed by atoms with E-state index >= 15 is 0 Å². The maximum Gasteiger partial charge on any atom is 0.0965 e. The number of nitrogens with zero attached hydrogens (tertiary/aromatic N) is 3. The van der Waals surface area contributed by atoms with E-state index in [1.807, 2.05) is 24.7 Å². The predicted molar refractivity (Wildman–Crippen MR) is 67.6 cm³/mol. The van der Waals surface area contributed by atoms with Crippen molar-refractivity contribution in [2.45, 2.75) is 52.8 Å². The van der Waals surface area contributed by atoms with Crippen LogP contribution >= 0.6 is 0 Å². The third kappa shape index (κ3) is 4.44. The number of aliphatic hydroxyl groups is 1. The Bertz CT molecular complexity index is 341. The van der Waals surface area contributed by atoms with Gasteiger partial charge in [0, 0.05) is 13.1 Å². The molecule has 1 unspecified atom stereocenters. The van der Waals surface area contributed by atoms with E-state index in [0.29, 0.717) is 13.1 Å². The maximum atomic E-state index is 9.64. The monoisotopic (exact) mass is 240 g/mol. The van der Waals surface area contributed by atoms with Crippen molar-refractivity contribution < 1.29 is 5.11 Å². The van der Waals surface area contributed by atoms with E-state index in [1.165, 1.54) is 0 Å². The highest BCUT2D eigenvalue weighted by atomic mass is 16.3. The fourth-order valence-corrected chi connectivity index (χ4v) is 1.29. The molecule has 0 amide bonds. The van der Waals surface area contributed by atoms with Crippen molar-refractivity contribution in [1.82, 2.24) is 20.3 Å². The Labute approximate surface area is 103 Å². The van der Waals surface area contributed by atoms with Crippen LogP contribution in [0, 0.1) is 5.92 Å². The normalized spacial score (nSPS) is 14.3. The van der Waals surface area contributed by atoms with E-state index in [2.05, 4.69) is 36.4 Å². The molecule has 0 saturated heterocycles. The van der Waals surface area contributed by atoms with Gasteiger partial charge in [0.15, 0.2) is 0 Å². The first kappa shape index (κ1) is 14.1. The van der Waals surface area contributed by atoms with Crippen LogP contribution in [0.4, 0.5) is 0 Å². The van der Waals surface area contributed by atoms with Crippen molar-refractivity contribution in [3.05, 3.63) is 11.9 Å². The van der Waals surface area contributed by atoms with Gasteiger partial charge in [0.1, 0.15) is 0 Å². The van der Waals surface area contributed by atoms with Crippen molar-refractivity contribution in [3.8, 4) is 0 Å². The molecule has 0 aliphatic rings. The molecule has 1 rings (SSSR count). The molecule has 0 bridgehead atoms. The molecule has 0 spiro atoms. The molecule has 5 nitrogen and oxygen atoms in total. The van der Waals surface area contributed by atoms with E-state index < -0.39 is 0 Å². The third-order valence-electron chi connectivity index (χ3n) is 2.66. The van der Waals surface area contributed by atoms with Crippen LogP contribution in [0.15, 0.2) is 6.20 Å². The first-order chi connectivity index (χ1) is 7.80. The molecular formula is C12H24N4O. The van der Waals surface area contributed by atoms with E-state index in [0.717, 1.165) is 5.69 Å². The average molecular weight is 240 g/mol. The van der Waals surface area contributed by atoms with Gasteiger partial charge in [0.05, 0.1) is 23.5 Å². The lowest BCUT2D eigenvalue weighted by atomic mass is 10.1. The zero-order chi connectivity index (χ0) is 13.1. The average Bonchev–Trinajstić information content (AvgIpc) is 2.65. The second-order valence-corrected chi connectivity index (χ2v) is 5.77. The lowest BCUT2D eigenvalue weighted by Crippen LogP contribution is -2.30. The molecule has 0 saturated carbocycles. The molecule has 1 heterocycles. The summed E-state index contributed by atoms with van der Waals surface area (Å²) in [6, 6.07) is 0. The number of aromatic nitrogens is 3. The van der Waals surface area contributed by atoms with Gasteiger partial charge in [0.25, 0.3) is 0 Å². The number of rotatable bonds is 5. The van der Waals surface area contributed by atoms with Gasteiger partial charge in [-0.25, -0.2) is 4.68 Å². The molecule has 0 fully saturated rings. The number of aliphatic hydroxyl groups excluding tert-OH is 1. The first-order valence-corrected chi connectivity index (χ1v) is 6.11. The summed E-state index contributed by atoms with van der Waals surface area (Å²) in [7, 11) is 0. The largest absolute Gasteiger partial charge is 0.392 e. The minimum absolute atomic E-state index is 0.0390. The van der Waals surface area contributed by atoms with Crippen LogP contribution < -0.4 is 5.32 Å². The summed E-state index contributed by atoms with van der Waals surface area (Å²) in [5.41, 5.74) is 0.860. The summed E-state index contributed by atoms with van der Waals surface area (Å²) in [6.45, 7) is 11.5. The zero-order valence-electron chi connectivity index (χ0n) is 11.4. The standard InChI is InChI=1S/C12H24N4O/c1-9(2)11(17)7-13-6-10-8-16(15-14-10)12(3,4)5/h8-9,11,13,17H,6-7H2,1-5H3. The molecule has 0 radical (unpaired) electrons. The number of hydrogen-bond donors (Lipinski definition) is 2. The molecule has 17 heavy (non-hydrogen) atoms. The molecule has 0 aromatic carbocycles. The van der Waals surface area contributed by atoms with Gasteiger partial charge in [-0.15, -0.1) is 5.10 Å². The van der Waals surface area contributed by atoms with Crippen LogP contribution in [-0.2, 0) is 12.1 Å². The summed E-state index contributed by atoms with van der Waals surface area (Å²) in [5.74, 6) is 0.271. The van der Waals surface area contributed by atoms with Crippen LogP contribution in [0.3, 0.4) is 0 Å². The first-order valence-electron chi connectivity index (χ1n) is 6.11. The summed E-state index contributed by atoms with van der Waals surface area (Å²) in [4.78, 5) is 0. The van der Waals surface area contributed by atoms with Gasteiger partial charge < -0.3 is 10.4 Å². The van der Waals surface area contributed by atoms with Gasteiger partial charge in [0.2, 0.25) is 0 Å². The second-order valence-electron chi connectivity index (χ2n) is 5.77. The highest BCUT2D eigenvalue weighted by Gasteiger charge is 2.15. The van der Waals surface area contributed by atoms with Crippen molar-refractivity contribution in [1.29, 1.82) is 0 Å². The molecule has 1 aromatic rings. The van der Waals surface area contributed by atoms with Crippen LogP contribution in [0.5, 0.6) is 0 Å². The summed E-state index contributed by atoms with van der Waals surface area (Å²) >= 11 is 0. The third-order valence-corrected chi connectivity index (χ3v) is 2.66. The topological polar surface area (TPSA) is 63.0 Å². The number of nitrogens with one attached hydrogen (secondary N) is 1. The van der Waals surface area contributed by atoms with Crippen molar-refractivity contribution in [2.75, 3.05) is 6.54 Å². The van der Waals surface area contributed by atoms with Crippen LogP contribution in [0.25, 0.3) is 0 Å². The molecule has 0 aliphatic carbocycles. The highest BCUT2D eigenvalue weighted by Crippen LogP contribution is 2.11. The van der Waals surface area contributed by atoms with E-state index in [-0.39, 0.29) is 17.6 Å². The van der Waals surface area contributed by atoms with Gasteiger partial charge in [-0.2, -0.15) is 0 Å². The van der Waals surface area contributed by atoms with Crippen LogP contribution in [0.1, 0.15) is 40.3 Å². The molecule has 1 aromatic heterocycles. The molecule has 1 atom stereocenters. The van der Waals surface area contributed by atoms with E-state index in [1.54, 1.807) is 0 Å². The smallest absolute Gasteiger partial charge is 0.0965 e. The van der Waals surface area contributed by atoms with Crippen molar-refractivity contribution in [3.63, 3.8) is 0 Å². The van der Waals surface area contributed by atoms with Gasteiger partial charge >= 0.3 is 0 Å². The van der Waals surface area contributed by atoms with Crippen molar-refractivity contribution >= 4 is 0 Å². The lowest BCUT2D eigenvalue weighted by molar-refractivity contribution is 0.123. The minimum atomic E-state index is -0.312. The fraction of sp³-hybridized carbons (Fsp3) is 0.833. The van der Waals surface area contributed by atoms with E-state index in [4.69, 9.17) is 0 Å².